The summed E-state index contributed by atoms with van der Waals surface area (Å²) in [5, 5.41) is 3.39. The molecule has 1 heterocycles. The number of carbonyl (C=O) groups is 1. The molecule has 3 nitrogen and oxygen atoms in total. The third kappa shape index (κ3) is 2.88. The maximum atomic E-state index is 13.1. The highest BCUT2D eigenvalue weighted by Crippen LogP contribution is 2.30. The van der Waals surface area contributed by atoms with Gasteiger partial charge in [0.25, 0.3) is 0 Å². The molecule has 0 spiro atoms. The third-order valence-electron chi connectivity index (χ3n) is 4.77. The van der Waals surface area contributed by atoms with Gasteiger partial charge in [-0.15, -0.1) is 6.58 Å². The highest BCUT2D eigenvalue weighted by molar-refractivity contribution is 5.85. The maximum Gasteiger partial charge on any atom is 0.231 e. The molecule has 1 aromatic carbocycles. The predicted molar refractivity (Wildman–Crippen MR) is 85.1 cm³/mol. The van der Waals surface area contributed by atoms with E-state index in [1.165, 1.54) is 24.0 Å². The number of hydrogen-bond donors (Lipinski definition) is 1. The highest BCUT2D eigenvalue weighted by atomic mass is 16.2. The van der Waals surface area contributed by atoms with E-state index in [0.29, 0.717) is 12.6 Å². The molecule has 1 N–H and O–H groups in total. The molecule has 0 aromatic heterocycles. The van der Waals surface area contributed by atoms with Crippen molar-refractivity contribution in [3.63, 3.8) is 0 Å². The summed E-state index contributed by atoms with van der Waals surface area (Å²) in [7, 11) is 0. The number of nitrogens with one attached hydrogen (secondary N) is 1. The molecular formula is C18H24N2O. The lowest BCUT2D eigenvalue weighted by atomic mass is 9.89. The van der Waals surface area contributed by atoms with Gasteiger partial charge in [-0.1, -0.05) is 43.2 Å². The van der Waals surface area contributed by atoms with Gasteiger partial charge < -0.3 is 10.2 Å². The van der Waals surface area contributed by atoms with Crippen LogP contribution >= 0.6 is 0 Å². The summed E-state index contributed by atoms with van der Waals surface area (Å²) in [4.78, 5) is 15.1. The molecule has 21 heavy (non-hydrogen) atoms. The summed E-state index contributed by atoms with van der Waals surface area (Å²) in [5.74, 6) is 0.219. The van der Waals surface area contributed by atoms with Crippen molar-refractivity contribution in [2.75, 3.05) is 13.1 Å². The molecule has 1 unspecified atom stereocenters. The number of fused-ring (bicyclic) bond motifs is 1. The van der Waals surface area contributed by atoms with Gasteiger partial charge in [0.15, 0.2) is 0 Å². The fourth-order valence-electron chi connectivity index (χ4n) is 3.69. The van der Waals surface area contributed by atoms with E-state index in [0.717, 1.165) is 25.9 Å². The van der Waals surface area contributed by atoms with Gasteiger partial charge in [-0.05, 0) is 24.0 Å². The zero-order chi connectivity index (χ0) is 14.7. The molecule has 0 bridgehead atoms. The van der Waals surface area contributed by atoms with Crippen LogP contribution in [0, 0.1) is 0 Å². The minimum atomic E-state index is -0.0458. The lowest BCUT2D eigenvalue weighted by Gasteiger charge is -2.34. The minimum Gasteiger partial charge on any atom is -0.335 e. The second kappa shape index (κ2) is 6.44. The lowest BCUT2D eigenvalue weighted by molar-refractivity contribution is -0.134. The summed E-state index contributed by atoms with van der Waals surface area (Å²) in [6, 6.07) is 8.72. The van der Waals surface area contributed by atoms with E-state index in [9.17, 15) is 4.79 Å². The Balaban J connectivity index is 1.84. The number of nitrogens with zero attached hydrogens (tertiary/aromatic N) is 1. The number of hydrogen-bond acceptors (Lipinski definition) is 2. The number of carbonyl (C=O) groups excluding carboxylic acids is 1. The van der Waals surface area contributed by atoms with Gasteiger partial charge in [-0.3, -0.25) is 4.79 Å². The van der Waals surface area contributed by atoms with Crippen molar-refractivity contribution in [1.82, 2.24) is 10.2 Å². The summed E-state index contributed by atoms with van der Waals surface area (Å²) >= 11 is 0. The molecule has 1 atom stereocenters. The Hall–Kier alpha value is -1.61. The van der Waals surface area contributed by atoms with Crippen LogP contribution in [0.4, 0.5) is 0 Å². The van der Waals surface area contributed by atoms with Crippen molar-refractivity contribution >= 4 is 5.91 Å². The van der Waals surface area contributed by atoms with Crippen LogP contribution in [-0.4, -0.2) is 29.9 Å². The van der Waals surface area contributed by atoms with E-state index >= 15 is 0 Å². The molecular weight excluding hydrogens is 260 g/mol. The van der Waals surface area contributed by atoms with Crippen molar-refractivity contribution < 1.29 is 4.79 Å². The SMILES string of the molecule is C=CCN(C(=O)C1CNCc2ccccc21)C1CCCC1. The molecule has 1 aliphatic carbocycles. The monoisotopic (exact) mass is 284 g/mol. The Labute approximate surface area is 127 Å². The number of benzene rings is 1. The summed E-state index contributed by atoms with van der Waals surface area (Å²) in [5.41, 5.74) is 2.46. The molecule has 1 fully saturated rings. The van der Waals surface area contributed by atoms with Crippen LogP contribution in [0.5, 0.6) is 0 Å². The second-order valence-corrected chi connectivity index (χ2v) is 6.10. The standard InChI is InChI=1S/C18H24N2O/c1-2-11-20(15-8-4-5-9-15)18(21)17-13-19-12-14-7-3-6-10-16(14)17/h2-3,6-7,10,15,17,19H,1,4-5,8-9,11-13H2. The molecule has 1 aromatic rings. The van der Waals surface area contributed by atoms with Gasteiger partial charge in [0.05, 0.1) is 5.92 Å². The highest BCUT2D eigenvalue weighted by Gasteiger charge is 2.33. The maximum absolute atomic E-state index is 13.1. The van der Waals surface area contributed by atoms with Crippen LogP contribution in [-0.2, 0) is 11.3 Å². The van der Waals surface area contributed by atoms with Crippen molar-refractivity contribution in [2.24, 2.45) is 0 Å². The first-order chi connectivity index (χ1) is 10.3. The molecule has 0 radical (unpaired) electrons. The Bertz CT molecular complexity index is 520. The lowest BCUT2D eigenvalue weighted by Crippen LogP contribution is -2.45. The first kappa shape index (κ1) is 14.3. The van der Waals surface area contributed by atoms with Crippen LogP contribution in [0.15, 0.2) is 36.9 Å². The quantitative estimate of drug-likeness (QED) is 0.862. The van der Waals surface area contributed by atoms with Crippen LogP contribution in [0.2, 0.25) is 0 Å². The minimum absolute atomic E-state index is 0.0458. The fraction of sp³-hybridized carbons (Fsp3) is 0.500. The molecule has 2 aliphatic rings. The zero-order valence-electron chi connectivity index (χ0n) is 12.6. The number of rotatable bonds is 4. The van der Waals surface area contributed by atoms with Crippen molar-refractivity contribution in [2.45, 2.75) is 44.2 Å². The first-order valence-corrected chi connectivity index (χ1v) is 8.01. The van der Waals surface area contributed by atoms with Crippen molar-refractivity contribution in [3.8, 4) is 0 Å². The smallest absolute Gasteiger partial charge is 0.231 e. The molecule has 1 amide bonds. The number of amides is 1. The summed E-state index contributed by atoms with van der Waals surface area (Å²) in [6.07, 6.45) is 6.62. The van der Waals surface area contributed by atoms with E-state index in [4.69, 9.17) is 0 Å². The van der Waals surface area contributed by atoms with E-state index in [1.807, 2.05) is 18.2 Å². The largest absolute Gasteiger partial charge is 0.335 e. The van der Waals surface area contributed by atoms with Crippen LogP contribution in [0.1, 0.15) is 42.7 Å². The predicted octanol–water partition coefficient (Wildman–Crippen LogP) is 2.83. The van der Waals surface area contributed by atoms with E-state index in [-0.39, 0.29) is 11.8 Å². The Morgan fingerprint density at radius 1 is 1.33 bits per heavy atom. The Morgan fingerprint density at radius 2 is 2.10 bits per heavy atom. The molecule has 1 saturated carbocycles. The Morgan fingerprint density at radius 3 is 2.86 bits per heavy atom. The second-order valence-electron chi connectivity index (χ2n) is 6.10. The van der Waals surface area contributed by atoms with Gasteiger partial charge in [0.1, 0.15) is 0 Å². The van der Waals surface area contributed by atoms with Crippen LogP contribution in [0.25, 0.3) is 0 Å². The van der Waals surface area contributed by atoms with E-state index in [2.05, 4.69) is 28.9 Å². The van der Waals surface area contributed by atoms with Gasteiger partial charge >= 0.3 is 0 Å². The van der Waals surface area contributed by atoms with Crippen molar-refractivity contribution in [1.29, 1.82) is 0 Å². The average molecular weight is 284 g/mol. The average Bonchev–Trinajstić information content (AvgIpc) is 3.05. The third-order valence-corrected chi connectivity index (χ3v) is 4.77. The fourth-order valence-corrected chi connectivity index (χ4v) is 3.69. The molecule has 3 heteroatoms. The zero-order valence-corrected chi connectivity index (χ0v) is 12.6. The topological polar surface area (TPSA) is 32.3 Å². The van der Waals surface area contributed by atoms with Gasteiger partial charge in [-0.25, -0.2) is 0 Å². The normalized spacial score (nSPS) is 21.8. The molecule has 1 aliphatic heterocycles. The van der Waals surface area contributed by atoms with Gasteiger partial charge in [0, 0.05) is 25.7 Å². The Kier molecular flexibility index (Phi) is 4.39. The van der Waals surface area contributed by atoms with Crippen molar-refractivity contribution in [3.05, 3.63) is 48.0 Å². The van der Waals surface area contributed by atoms with Gasteiger partial charge in [0.2, 0.25) is 5.91 Å². The van der Waals surface area contributed by atoms with Crippen LogP contribution < -0.4 is 5.32 Å². The van der Waals surface area contributed by atoms with E-state index in [1.54, 1.807) is 0 Å². The molecule has 112 valence electrons. The molecule has 0 saturated heterocycles. The van der Waals surface area contributed by atoms with Gasteiger partial charge in [-0.2, -0.15) is 0 Å². The van der Waals surface area contributed by atoms with E-state index < -0.39 is 0 Å². The summed E-state index contributed by atoms with van der Waals surface area (Å²) < 4.78 is 0. The van der Waals surface area contributed by atoms with Crippen LogP contribution in [0.3, 0.4) is 0 Å². The summed E-state index contributed by atoms with van der Waals surface area (Å²) in [6.45, 7) is 6.12. The first-order valence-electron chi connectivity index (χ1n) is 8.01. The molecule has 3 rings (SSSR count).